The molecule has 20 heavy (non-hydrogen) atoms. The lowest BCUT2D eigenvalue weighted by Crippen LogP contribution is -2.36. The second kappa shape index (κ2) is 5.09. The van der Waals surface area contributed by atoms with Crippen LogP contribution in [-0.2, 0) is 0 Å². The van der Waals surface area contributed by atoms with Crippen molar-refractivity contribution in [1.29, 1.82) is 0 Å². The molecule has 2 saturated carbocycles. The van der Waals surface area contributed by atoms with Gasteiger partial charge in [0.1, 0.15) is 0 Å². The van der Waals surface area contributed by atoms with Crippen LogP contribution in [0.1, 0.15) is 48.6 Å². The highest BCUT2D eigenvalue weighted by molar-refractivity contribution is 5.25. The van der Waals surface area contributed by atoms with Crippen LogP contribution in [0.25, 0.3) is 0 Å². The lowest BCUT2D eigenvalue weighted by atomic mass is 9.57. The summed E-state index contributed by atoms with van der Waals surface area (Å²) in [7, 11) is 0. The molecule has 0 saturated heterocycles. The standard InChI is InChI=1S/C20H22/c1-3-7-15(8-4-1)17-11-19(12-17)20-13-18(14-20)16-9-5-2-6-10-16/h1-10,17-20H,11-14H2. The van der Waals surface area contributed by atoms with E-state index in [0.717, 1.165) is 23.7 Å². The molecule has 0 amide bonds. The largest absolute Gasteiger partial charge is 0.0622 e. The SMILES string of the molecule is c1ccc(C2CC(C3CC(c4ccccc4)C3)C2)cc1. The zero-order chi connectivity index (χ0) is 13.4. The molecule has 0 N–H and O–H groups in total. The Bertz CT molecular complexity index is 492. The van der Waals surface area contributed by atoms with E-state index in [2.05, 4.69) is 60.7 Å². The molecule has 2 aliphatic carbocycles. The maximum atomic E-state index is 2.30. The molecule has 0 heterocycles. The minimum atomic E-state index is 0.844. The van der Waals surface area contributed by atoms with Crippen LogP contribution in [0.15, 0.2) is 60.7 Å². The molecule has 2 fully saturated rings. The predicted octanol–water partition coefficient (Wildman–Crippen LogP) is 5.37. The van der Waals surface area contributed by atoms with Crippen molar-refractivity contribution in [2.45, 2.75) is 37.5 Å². The molecule has 102 valence electrons. The molecule has 0 aromatic heterocycles. The average Bonchev–Trinajstić information content (AvgIpc) is 2.42. The van der Waals surface area contributed by atoms with E-state index in [1.54, 1.807) is 11.1 Å². The second-order valence-electron chi connectivity index (χ2n) is 6.68. The molecule has 0 unspecified atom stereocenters. The van der Waals surface area contributed by atoms with Crippen molar-refractivity contribution in [2.24, 2.45) is 11.8 Å². The molecular weight excluding hydrogens is 240 g/mol. The summed E-state index contributed by atoms with van der Waals surface area (Å²) < 4.78 is 0. The van der Waals surface area contributed by atoms with Crippen molar-refractivity contribution >= 4 is 0 Å². The average molecular weight is 262 g/mol. The second-order valence-corrected chi connectivity index (χ2v) is 6.68. The van der Waals surface area contributed by atoms with Crippen LogP contribution in [-0.4, -0.2) is 0 Å². The van der Waals surface area contributed by atoms with Crippen LogP contribution in [0.4, 0.5) is 0 Å². The van der Waals surface area contributed by atoms with Gasteiger partial charge in [0.2, 0.25) is 0 Å². The molecule has 0 radical (unpaired) electrons. The van der Waals surface area contributed by atoms with Crippen molar-refractivity contribution in [3.05, 3.63) is 71.8 Å². The van der Waals surface area contributed by atoms with Gasteiger partial charge in [-0.2, -0.15) is 0 Å². The van der Waals surface area contributed by atoms with Crippen molar-refractivity contribution in [1.82, 2.24) is 0 Å². The van der Waals surface area contributed by atoms with Gasteiger partial charge >= 0.3 is 0 Å². The molecule has 0 heteroatoms. The Kier molecular flexibility index (Phi) is 3.10. The van der Waals surface area contributed by atoms with Crippen molar-refractivity contribution in [3.63, 3.8) is 0 Å². The first-order valence-electron chi connectivity index (χ1n) is 8.00. The third-order valence-electron chi connectivity index (χ3n) is 5.56. The number of hydrogen-bond acceptors (Lipinski definition) is 0. The number of hydrogen-bond donors (Lipinski definition) is 0. The van der Waals surface area contributed by atoms with Gasteiger partial charge in [0.25, 0.3) is 0 Å². The first-order chi connectivity index (χ1) is 9.90. The molecule has 0 spiro atoms. The molecule has 0 aliphatic heterocycles. The van der Waals surface area contributed by atoms with E-state index in [1.807, 2.05) is 0 Å². The van der Waals surface area contributed by atoms with Gasteiger partial charge in [0.15, 0.2) is 0 Å². The summed E-state index contributed by atoms with van der Waals surface area (Å²) in [5.74, 6) is 3.69. The fourth-order valence-corrected chi connectivity index (χ4v) is 4.09. The fraction of sp³-hybridized carbons (Fsp3) is 0.400. The smallest absolute Gasteiger partial charge is 0.0156 e. The van der Waals surface area contributed by atoms with Crippen LogP contribution >= 0.6 is 0 Å². The van der Waals surface area contributed by atoms with Crippen LogP contribution in [0.5, 0.6) is 0 Å². The van der Waals surface area contributed by atoms with Gasteiger partial charge in [0, 0.05) is 0 Å². The highest BCUT2D eigenvalue weighted by Gasteiger charge is 2.42. The third kappa shape index (κ3) is 2.18. The topological polar surface area (TPSA) is 0 Å². The van der Waals surface area contributed by atoms with Gasteiger partial charge in [-0.1, -0.05) is 60.7 Å². The molecule has 2 aromatic rings. The molecule has 4 rings (SSSR count). The van der Waals surface area contributed by atoms with Crippen molar-refractivity contribution < 1.29 is 0 Å². The maximum absolute atomic E-state index is 2.30. The zero-order valence-corrected chi connectivity index (χ0v) is 11.9. The molecular formula is C20H22. The van der Waals surface area contributed by atoms with E-state index in [9.17, 15) is 0 Å². The van der Waals surface area contributed by atoms with Crippen molar-refractivity contribution in [2.75, 3.05) is 0 Å². The molecule has 2 aromatic carbocycles. The maximum Gasteiger partial charge on any atom is -0.0156 e. The van der Waals surface area contributed by atoms with Gasteiger partial charge in [-0.15, -0.1) is 0 Å². The Labute approximate surface area is 121 Å². The summed E-state index contributed by atoms with van der Waals surface area (Å²) >= 11 is 0. The first-order valence-corrected chi connectivity index (χ1v) is 8.00. The van der Waals surface area contributed by atoms with Gasteiger partial charge < -0.3 is 0 Å². The third-order valence-corrected chi connectivity index (χ3v) is 5.56. The lowest BCUT2D eigenvalue weighted by molar-refractivity contribution is 0.0900. The van der Waals surface area contributed by atoms with E-state index >= 15 is 0 Å². The van der Waals surface area contributed by atoms with Gasteiger partial charge in [-0.3, -0.25) is 0 Å². The molecule has 0 bridgehead atoms. The first kappa shape index (κ1) is 12.2. The van der Waals surface area contributed by atoms with Gasteiger partial charge in [0.05, 0.1) is 0 Å². The Balaban J connectivity index is 1.29. The van der Waals surface area contributed by atoms with Crippen molar-refractivity contribution in [3.8, 4) is 0 Å². The normalized spacial score (nSPS) is 32.2. The van der Waals surface area contributed by atoms with Gasteiger partial charge in [-0.25, -0.2) is 0 Å². The molecule has 0 nitrogen and oxygen atoms in total. The highest BCUT2D eigenvalue weighted by Crippen LogP contribution is 2.54. The number of rotatable bonds is 3. The van der Waals surface area contributed by atoms with E-state index < -0.39 is 0 Å². The Morgan fingerprint density at radius 1 is 0.500 bits per heavy atom. The summed E-state index contributed by atoms with van der Waals surface area (Å²) in [6.45, 7) is 0. The van der Waals surface area contributed by atoms with Gasteiger partial charge in [-0.05, 0) is 60.5 Å². The lowest BCUT2D eigenvalue weighted by Gasteiger charge is -2.48. The Hall–Kier alpha value is -1.56. The minimum Gasteiger partial charge on any atom is -0.0622 e. The summed E-state index contributed by atoms with van der Waals surface area (Å²) in [6, 6.07) is 22.2. The summed E-state index contributed by atoms with van der Waals surface area (Å²) in [4.78, 5) is 0. The zero-order valence-electron chi connectivity index (χ0n) is 11.9. The van der Waals surface area contributed by atoms with E-state index in [1.165, 1.54) is 25.7 Å². The van der Waals surface area contributed by atoms with Crippen LogP contribution in [0, 0.1) is 11.8 Å². The Morgan fingerprint density at radius 2 is 0.850 bits per heavy atom. The minimum absolute atomic E-state index is 0.844. The Morgan fingerprint density at radius 3 is 1.20 bits per heavy atom. The summed E-state index contributed by atoms with van der Waals surface area (Å²) in [5.41, 5.74) is 3.12. The van der Waals surface area contributed by atoms with Crippen LogP contribution in [0.3, 0.4) is 0 Å². The summed E-state index contributed by atoms with van der Waals surface area (Å²) in [6.07, 6.45) is 5.71. The number of benzene rings is 2. The van der Waals surface area contributed by atoms with E-state index in [-0.39, 0.29) is 0 Å². The fourth-order valence-electron chi connectivity index (χ4n) is 4.09. The van der Waals surface area contributed by atoms with E-state index in [0.29, 0.717) is 0 Å². The molecule has 0 atom stereocenters. The highest BCUT2D eigenvalue weighted by atomic mass is 14.5. The molecule has 2 aliphatic rings. The summed E-state index contributed by atoms with van der Waals surface area (Å²) in [5, 5.41) is 0. The van der Waals surface area contributed by atoms with Crippen LogP contribution in [0.2, 0.25) is 0 Å². The predicted molar refractivity (Wildman–Crippen MR) is 83.8 cm³/mol. The van der Waals surface area contributed by atoms with E-state index in [4.69, 9.17) is 0 Å². The van der Waals surface area contributed by atoms with Crippen LogP contribution < -0.4 is 0 Å². The monoisotopic (exact) mass is 262 g/mol. The quantitative estimate of drug-likeness (QED) is 0.697.